The molecule has 0 heterocycles. The summed E-state index contributed by atoms with van der Waals surface area (Å²) in [7, 11) is -2.67. The number of sulfonamides is 1. The SMILES string of the molecule is CNC(=O)C(Cc1ccccc1)N(Cc1c(Cl)cccc1Cl)C(=O)CN(c1ccc(C)cc1)S(=O)(=O)c1ccccc1. The summed E-state index contributed by atoms with van der Waals surface area (Å²) in [4.78, 5) is 29.0. The van der Waals surface area contributed by atoms with E-state index in [2.05, 4.69) is 5.32 Å². The van der Waals surface area contributed by atoms with Crippen LogP contribution in [0, 0.1) is 6.92 Å². The molecule has 1 N–H and O–H groups in total. The molecular weight excluding hydrogens is 593 g/mol. The molecule has 42 heavy (non-hydrogen) atoms. The quantitative estimate of drug-likeness (QED) is 0.226. The monoisotopic (exact) mass is 623 g/mol. The first-order valence-electron chi connectivity index (χ1n) is 13.2. The summed E-state index contributed by atoms with van der Waals surface area (Å²) >= 11 is 13.0. The first-order valence-corrected chi connectivity index (χ1v) is 15.4. The van der Waals surface area contributed by atoms with Gasteiger partial charge in [0.25, 0.3) is 10.0 Å². The molecule has 0 bridgehead atoms. The van der Waals surface area contributed by atoms with Crippen LogP contribution in [0.15, 0.2) is 108 Å². The number of carbonyl (C=O) groups is 2. The van der Waals surface area contributed by atoms with E-state index in [9.17, 15) is 18.0 Å². The molecule has 0 saturated heterocycles. The topological polar surface area (TPSA) is 86.8 Å². The fourth-order valence-electron chi connectivity index (χ4n) is 4.53. The Kier molecular flexibility index (Phi) is 10.3. The highest BCUT2D eigenvalue weighted by Crippen LogP contribution is 2.29. The fraction of sp³-hybridized carbons (Fsp3) is 0.188. The Bertz CT molecular complexity index is 1610. The van der Waals surface area contributed by atoms with Crippen molar-refractivity contribution in [3.63, 3.8) is 0 Å². The third kappa shape index (κ3) is 7.31. The van der Waals surface area contributed by atoms with Crippen molar-refractivity contribution in [3.8, 4) is 0 Å². The number of anilines is 1. The maximum atomic E-state index is 14.3. The Morgan fingerprint density at radius 2 is 1.38 bits per heavy atom. The zero-order valence-electron chi connectivity index (χ0n) is 23.2. The predicted molar refractivity (Wildman–Crippen MR) is 167 cm³/mol. The second-order valence-corrected chi connectivity index (χ2v) is 12.4. The highest BCUT2D eigenvalue weighted by Gasteiger charge is 2.34. The molecule has 0 aliphatic rings. The number of nitrogens with zero attached hydrogens (tertiary/aromatic N) is 2. The molecule has 0 spiro atoms. The lowest BCUT2D eigenvalue weighted by molar-refractivity contribution is -0.139. The highest BCUT2D eigenvalue weighted by atomic mass is 35.5. The van der Waals surface area contributed by atoms with Gasteiger partial charge in [0.2, 0.25) is 11.8 Å². The minimum atomic E-state index is -4.16. The third-order valence-corrected chi connectivity index (χ3v) is 9.34. The van der Waals surface area contributed by atoms with Crippen LogP contribution in [0.25, 0.3) is 0 Å². The summed E-state index contributed by atoms with van der Waals surface area (Å²) in [6.45, 7) is 1.21. The second kappa shape index (κ2) is 13.9. The van der Waals surface area contributed by atoms with Gasteiger partial charge in [0, 0.05) is 35.6 Å². The van der Waals surface area contributed by atoms with Crippen LogP contribution in [0.4, 0.5) is 5.69 Å². The van der Waals surface area contributed by atoms with Gasteiger partial charge in [-0.3, -0.25) is 13.9 Å². The average molecular weight is 625 g/mol. The fourth-order valence-corrected chi connectivity index (χ4v) is 6.49. The van der Waals surface area contributed by atoms with Crippen molar-refractivity contribution >= 4 is 50.7 Å². The summed E-state index contributed by atoms with van der Waals surface area (Å²) in [6.07, 6.45) is 0.185. The van der Waals surface area contributed by atoms with Gasteiger partial charge in [-0.05, 0) is 48.9 Å². The second-order valence-electron chi connectivity index (χ2n) is 9.70. The number of amides is 2. The smallest absolute Gasteiger partial charge is 0.264 e. The third-order valence-electron chi connectivity index (χ3n) is 6.84. The number of carbonyl (C=O) groups excluding carboxylic acids is 2. The molecule has 0 aromatic heterocycles. The van der Waals surface area contributed by atoms with Crippen LogP contribution in [0.5, 0.6) is 0 Å². The molecule has 0 fully saturated rings. The zero-order valence-corrected chi connectivity index (χ0v) is 25.5. The van der Waals surface area contributed by atoms with Crippen LogP contribution in [-0.4, -0.2) is 44.8 Å². The van der Waals surface area contributed by atoms with Gasteiger partial charge in [0.15, 0.2) is 0 Å². The van der Waals surface area contributed by atoms with Gasteiger partial charge in [-0.2, -0.15) is 0 Å². The molecule has 10 heteroatoms. The van der Waals surface area contributed by atoms with E-state index in [-0.39, 0.29) is 17.9 Å². The molecule has 0 aliphatic heterocycles. The van der Waals surface area contributed by atoms with Crippen molar-refractivity contribution < 1.29 is 18.0 Å². The van der Waals surface area contributed by atoms with Gasteiger partial charge in [0.1, 0.15) is 12.6 Å². The lowest BCUT2D eigenvalue weighted by Gasteiger charge is -2.34. The number of benzene rings is 4. The molecule has 2 amide bonds. The normalized spacial score (nSPS) is 11.9. The van der Waals surface area contributed by atoms with E-state index >= 15 is 0 Å². The first kappa shape index (κ1) is 31.1. The van der Waals surface area contributed by atoms with Crippen LogP contribution in [0.2, 0.25) is 10.0 Å². The van der Waals surface area contributed by atoms with Crippen molar-refractivity contribution in [2.75, 3.05) is 17.9 Å². The number of aryl methyl sites for hydroxylation is 1. The molecule has 0 radical (unpaired) electrons. The zero-order chi connectivity index (χ0) is 30.3. The number of halogens is 2. The van der Waals surface area contributed by atoms with Gasteiger partial charge < -0.3 is 10.2 Å². The van der Waals surface area contributed by atoms with Gasteiger partial charge in [-0.25, -0.2) is 8.42 Å². The van der Waals surface area contributed by atoms with Gasteiger partial charge in [0.05, 0.1) is 10.6 Å². The van der Waals surface area contributed by atoms with Crippen LogP contribution in [0.3, 0.4) is 0 Å². The van der Waals surface area contributed by atoms with Crippen LogP contribution in [-0.2, 0) is 32.6 Å². The van der Waals surface area contributed by atoms with E-state index in [4.69, 9.17) is 23.2 Å². The maximum Gasteiger partial charge on any atom is 0.264 e. The van der Waals surface area contributed by atoms with Gasteiger partial charge >= 0.3 is 0 Å². The summed E-state index contributed by atoms with van der Waals surface area (Å²) in [6, 6.07) is 28.0. The predicted octanol–water partition coefficient (Wildman–Crippen LogP) is 5.88. The Labute approximate surface area is 256 Å². The van der Waals surface area contributed by atoms with Crippen LogP contribution < -0.4 is 9.62 Å². The minimum Gasteiger partial charge on any atom is -0.357 e. The average Bonchev–Trinajstić information content (AvgIpc) is 3.00. The van der Waals surface area contributed by atoms with Crippen LogP contribution in [0.1, 0.15) is 16.7 Å². The summed E-state index contributed by atoms with van der Waals surface area (Å²) < 4.78 is 28.9. The molecule has 218 valence electrons. The van der Waals surface area contributed by atoms with Crippen molar-refractivity contribution in [2.24, 2.45) is 0 Å². The molecule has 4 aromatic carbocycles. The molecule has 0 saturated carbocycles. The van der Waals surface area contributed by atoms with E-state index in [0.717, 1.165) is 15.4 Å². The lowest BCUT2D eigenvalue weighted by Crippen LogP contribution is -2.53. The number of hydrogen-bond donors (Lipinski definition) is 1. The summed E-state index contributed by atoms with van der Waals surface area (Å²) in [5.41, 5.74) is 2.51. The maximum absolute atomic E-state index is 14.3. The number of hydrogen-bond acceptors (Lipinski definition) is 4. The Hall–Kier alpha value is -3.85. The van der Waals surface area contributed by atoms with Crippen molar-refractivity contribution in [2.45, 2.75) is 30.8 Å². The molecule has 4 aromatic rings. The van der Waals surface area contributed by atoms with E-state index in [1.54, 1.807) is 60.7 Å². The lowest BCUT2D eigenvalue weighted by atomic mass is 10.0. The molecule has 1 unspecified atom stereocenters. The summed E-state index contributed by atoms with van der Waals surface area (Å²) in [5, 5.41) is 3.30. The van der Waals surface area contributed by atoms with Crippen LogP contribution >= 0.6 is 23.2 Å². The Morgan fingerprint density at radius 1 is 0.810 bits per heavy atom. The molecule has 7 nitrogen and oxygen atoms in total. The van der Waals surface area contributed by atoms with Gasteiger partial charge in [-0.15, -0.1) is 0 Å². The van der Waals surface area contributed by atoms with Crippen molar-refractivity contribution in [3.05, 3.63) is 130 Å². The number of rotatable bonds is 11. The van der Waals surface area contributed by atoms with E-state index < -0.39 is 34.4 Å². The Morgan fingerprint density at radius 3 is 1.95 bits per heavy atom. The molecule has 1 atom stereocenters. The van der Waals surface area contributed by atoms with Crippen molar-refractivity contribution in [1.82, 2.24) is 10.2 Å². The van der Waals surface area contributed by atoms with Gasteiger partial charge in [-0.1, -0.05) is 95.5 Å². The largest absolute Gasteiger partial charge is 0.357 e. The minimum absolute atomic E-state index is 0.0335. The molecule has 0 aliphatic carbocycles. The molecular formula is C32H31Cl2N3O4S. The Balaban J connectivity index is 1.81. The first-order chi connectivity index (χ1) is 20.1. The molecule has 4 rings (SSSR count). The van der Waals surface area contributed by atoms with E-state index in [0.29, 0.717) is 21.3 Å². The van der Waals surface area contributed by atoms with Crippen molar-refractivity contribution in [1.29, 1.82) is 0 Å². The standard InChI is InChI=1S/C32H31Cl2N3O4S/c1-23-16-18-25(19-17-23)37(42(40,41)26-12-7-4-8-13-26)22-31(38)36(21-27-28(33)14-9-15-29(27)34)30(32(39)35-2)20-24-10-5-3-6-11-24/h3-19,30H,20-22H2,1-2H3,(H,35,39). The summed E-state index contributed by atoms with van der Waals surface area (Å²) in [5.74, 6) is -1.02. The number of nitrogens with one attached hydrogen (secondary N) is 1. The van der Waals surface area contributed by atoms with E-state index in [1.165, 1.54) is 24.1 Å². The number of likely N-dealkylation sites (N-methyl/N-ethyl adjacent to an activating group) is 1. The van der Waals surface area contributed by atoms with E-state index in [1.807, 2.05) is 37.3 Å². The highest BCUT2D eigenvalue weighted by molar-refractivity contribution is 7.92.